The van der Waals surface area contributed by atoms with Gasteiger partial charge >= 0.3 is 12.0 Å². The Morgan fingerprint density at radius 1 is 1.52 bits per heavy atom. The molecule has 0 radical (unpaired) electrons. The summed E-state index contributed by atoms with van der Waals surface area (Å²) in [6.45, 7) is 1.21. The molecule has 2 rings (SSSR count). The molecule has 1 fully saturated rings. The molecule has 1 atom stereocenters. The van der Waals surface area contributed by atoms with Gasteiger partial charge in [0.15, 0.2) is 5.69 Å². The number of hydrogen-bond acceptors (Lipinski definition) is 4. The summed E-state index contributed by atoms with van der Waals surface area (Å²) in [6.07, 6.45) is 3.85. The van der Waals surface area contributed by atoms with Crippen molar-refractivity contribution in [2.45, 2.75) is 25.4 Å². The Morgan fingerprint density at radius 3 is 2.95 bits per heavy atom. The van der Waals surface area contributed by atoms with Crippen LogP contribution < -0.4 is 16.0 Å². The normalized spacial score (nSPS) is 17.9. The van der Waals surface area contributed by atoms with E-state index in [0.717, 1.165) is 0 Å². The number of hydrogen-bond donors (Lipinski definition) is 4. The van der Waals surface area contributed by atoms with Gasteiger partial charge in [0.2, 0.25) is 5.91 Å². The van der Waals surface area contributed by atoms with Crippen LogP contribution in [-0.4, -0.2) is 51.7 Å². The standard InChI is InChI=1S/C12H17N5O4/c18-10-2-1-8(5-14-10)16-12(21)13-3-4-17-6-9(11(19)20)15-7-17/h6-8H,1-5H2,(H,14,18)(H,19,20)(H2,13,16,21). The molecule has 1 aliphatic heterocycles. The molecule has 114 valence electrons. The molecule has 0 spiro atoms. The topological polar surface area (TPSA) is 125 Å². The van der Waals surface area contributed by atoms with Crippen LogP contribution in [0.5, 0.6) is 0 Å². The van der Waals surface area contributed by atoms with E-state index < -0.39 is 5.97 Å². The van der Waals surface area contributed by atoms with E-state index in [1.165, 1.54) is 12.5 Å². The van der Waals surface area contributed by atoms with E-state index in [4.69, 9.17) is 5.11 Å². The molecule has 0 saturated carbocycles. The molecular formula is C12H17N5O4. The highest BCUT2D eigenvalue weighted by Gasteiger charge is 2.19. The van der Waals surface area contributed by atoms with Crippen molar-refractivity contribution < 1.29 is 19.5 Å². The maximum absolute atomic E-state index is 11.6. The number of aromatic nitrogens is 2. The van der Waals surface area contributed by atoms with Gasteiger partial charge in [-0.05, 0) is 6.42 Å². The highest BCUT2D eigenvalue weighted by atomic mass is 16.4. The summed E-state index contributed by atoms with van der Waals surface area (Å²) in [7, 11) is 0. The average molecular weight is 295 g/mol. The first kappa shape index (κ1) is 14.8. The fourth-order valence-corrected chi connectivity index (χ4v) is 1.98. The highest BCUT2D eigenvalue weighted by molar-refractivity contribution is 5.84. The Balaban J connectivity index is 1.66. The zero-order chi connectivity index (χ0) is 15.2. The summed E-state index contributed by atoms with van der Waals surface area (Å²) in [5.41, 5.74) is -0.0302. The van der Waals surface area contributed by atoms with E-state index >= 15 is 0 Å². The molecule has 9 heteroatoms. The van der Waals surface area contributed by atoms with Crippen LogP contribution in [0.15, 0.2) is 12.5 Å². The number of urea groups is 1. The van der Waals surface area contributed by atoms with Gasteiger partial charge in [0.1, 0.15) is 0 Å². The van der Waals surface area contributed by atoms with E-state index in [-0.39, 0.29) is 23.7 Å². The molecule has 0 aliphatic carbocycles. The van der Waals surface area contributed by atoms with Crippen LogP contribution in [-0.2, 0) is 11.3 Å². The summed E-state index contributed by atoms with van der Waals surface area (Å²) in [4.78, 5) is 37.0. The highest BCUT2D eigenvalue weighted by Crippen LogP contribution is 2.02. The molecule has 0 aromatic carbocycles. The van der Waals surface area contributed by atoms with Crippen LogP contribution in [0.1, 0.15) is 23.3 Å². The maximum atomic E-state index is 11.6. The zero-order valence-corrected chi connectivity index (χ0v) is 11.3. The minimum absolute atomic E-state index is 0.00259. The molecule has 4 N–H and O–H groups in total. The van der Waals surface area contributed by atoms with Gasteiger partial charge in [0.25, 0.3) is 0 Å². The van der Waals surface area contributed by atoms with Gasteiger partial charge in [0.05, 0.1) is 6.33 Å². The summed E-state index contributed by atoms with van der Waals surface area (Å²) in [6, 6.07) is -0.371. The van der Waals surface area contributed by atoms with Crippen LogP contribution in [0.4, 0.5) is 4.79 Å². The minimum atomic E-state index is -1.08. The van der Waals surface area contributed by atoms with E-state index in [0.29, 0.717) is 32.5 Å². The number of carboxylic acid groups (broad SMARTS) is 1. The predicted molar refractivity (Wildman–Crippen MR) is 71.8 cm³/mol. The third-order valence-corrected chi connectivity index (χ3v) is 3.11. The largest absolute Gasteiger partial charge is 0.476 e. The van der Waals surface area contributed by atoms with Gasteiger partial charge < -0.3 is 25.6 Å². The summed E-state index contributed by atoms with van der Waals surface area (Å²) in [5, 5.41) is 16.8. The van der Waals surface area contributed by atoms with Gasteiger partial charge in [-0.25, -0.2) is 14.6 Å². The molecular weight excluding hydrogens is 278 g/mol. The fraction of sp³-hybridized carbons (Fsp3) is 0.500. The molecule has 1 aliphatic rings. The number of carbonyl (C=O) groups is 3. The fourth-order valence-electron chi connectivity index (χ4n) is 1.98. The number of nitrogens with zero attached hydrogens (tertiary/aromatic N) is 2. The van der Waals surface area contributed by atoms with Crippen molar-refractivity contribution >= 4 is 17.9 Å². The molecule has 1 unspecified atom stereocenters. The van der Waals surface area contributed by atoms with Crippen LogP contribution in [0.2, 0.25) is 0 Å². The van der Waals surface area contributed by atoms with E-state index in [2.05, 4.69) is 20.9 Å². The number of rotatable bonds is 5. The number of carboxylic acids is 1. The quantitative estimate of drug-likeness (QED) is 0.563. The van der Waals surface area contributed by atoms with E-state index in [1.807, 2.05) is 0 Å². The molecule has 1 aromatic rings. The Kier molecular flexibility index (Phi) is 4.75. The SMILES string of the molecule is O=C1CCC(NC(=O)NCCn2cnc(C(=O)O)c2)CN1. The molecule has 0 bridgehead atoms. The summed E-state index contributed by atoms with van der Waals surface area (Å²) < 4.78 is 1.59. The number of aromatic carboxylic acids is 1. The van der Waals surface area contributed by atoms with Crippen LogP contribution >= 0.6 is 0 Å². The van der Waals surface area contributed by atoms with Gasteiger partial charge in [0, 0.05) is 38.3 Å². The van der Waals surface area contributed by atoms with Crippen molar-refractivity contribution in [3.63, 3.8) is 0 Å². The zero-order valence-electron chi connectivity index (χ0n) is 11.3. The lowest BCUT2D eigenvalue weighted by Gasteiger charge is -2.23. The maximum Gasteiger partial charge on any atom is 0.356 e. The molecule has 2 heterocycles. The summed E-state index contributed by atoms with van der Waals surface area (Å²) >= 11 is 0. The van der Waals surface area contributed by atoms with Gasteiger partial charge in [-0.2, -0.15) is 0 Å². The number of amides is 3. The second kappa shape index (κ2) is 6.73. The molecule has 1 aromatic heterocycles. The first-order valence-electron chi connectivity index (χ1n) is 6.60. The number of carbonyl (C=O) groups excluding carboxylic acids is 2. The predicted octanol–water partition coefficient (Wildman–Crippen LogP) is -0.841. The first-order valence-corrected chi connectivity index (χ1v) is 6.60. The Labute approximate surface area is 120 Å². The second-order valence-corrected chi connectivity index (χ2v) is 4.74. The van der Waals surface area contributed by atoms with E-state index in [9.17, 15) is 14.4 Å². The Hall–Kier alpha value is -2.58. The Bertz CT molecular complexity index is 532. The van der Waals surface area contributed by atoms with Crippen molar-refractivity contribution in [2.75, 3.05) is 13.1 Å². The second-order valence-electron chi connectivity index (χ2n) is 4.74. The lowest BCUT2D eigenvalue weighted by Crippen LogP contribution is -2.50. The lowest BCUT2D eigenvalue weighted by atomic mass is 10.1. The number of imidazole rings is 1. The molecule has 1 saturated heterocycles. The minimum Gasteiger partial charge on any atom is -0.476 e. The van der Waals surface area contributed by atoms with Crippen molar-refractivity contribution in [1.82, 2.24) is 25.5 Å². The third-order valence-electron chi connectivity index (χ3n) is 3.11. The van der Waals surface area contributed by atoms with Crippen LogP contribution in [0.3, 0.4) is 0 Å². The molecule has 21 heavy (non-hydrogen) atoms. The Morgan fingerprint density at radius 2 is 2.33 bits per heavy atom. The number of piperidine rings is 1. The van der Waals surface area contributed by atoms with Crippen molar-refractivity contribution in [3.05, 3.63) is 18.2 Å². The van der Waals surface area contributed by atoms with Gasteiger partial charge in [-0.15, -0.1) is 0 Å². The molecule has 9 nitrogen and oxygen atoms in total. The van der Waals surface area contributed by atoms with Crippen molar-refractivity contribution in [1.29, 1.82) is 0 Å². The average Bonchev–Trinajstić information content (AvgIpc) is 2.90. The van der Waals surface area contributed by atoms with Gasteiger partial charge in [-0.3, -0.25) is 4.79 Å². The van der Waals surface area contributed by atoms with Crippen LogP contribution in [0.25, 0.3) is 0 Å². The first-order chi connectivity index (χ1) is 10.0. The van der Waals surface area contributed by atoms with Crippen LogP contribution in [0, 0.1) is 0 Å². The lowest BCUT2D eigenvalue weighted by molar-refractivity contribution is -0.122. The smallest absolute Gasteiger partial charge is 0.356 e. The van der Waals surface area contributed by atoms with Gasteiger partial charge in [-0.1, -0.05) is 0 Å². The molecule has 3 amide bonds. The van der Waals surface area contributed by atoms with Crippen molar-refractivity contribution in [2.24, 2.45) is 0 Å². The van der Waals surface area contributed by atoms with E-state index in [1.54, 1.807) is 4.57 Å². The third kappa shape index (κ3) is 4.48. The number of nitrogens with one attached hydrogen (secondary N) is 3. The van der Waals surface area contributed by atoms with Crippen molar-refractivity contribution in [3.8, 4) is 0 Å². The monoisotopic (exact) mass is 295 g/mol. The summed E-state index contributed by atoms with van der Waals surface area (Å²) in [5.74, 6) is -1.08.